The number of carbonyl (C=O) groups excluding carboxylic acids is 2. The van der Waals surface area contributed by atoms with Gasteiger partial charge in [-0.05, 0) is 43.3 Å². The molecule has 0 unspecified atom stereocenters. The van der Waals surface area contributed by atoms with Gasteiger partial charge in [-0.15, -0.1) is 0 Å². The van der Waals surface area contributed by atoms with Crippen LogP contribution >= 0.6 is 23.2 Å². The van der Waals surface area contributed by atoms with E-state index in [2.05, 4.69) is 5.32 Å². The highest BCUT2D eigenvalue weighted by Crippen LogP contribution is 2.34. The van der Waals surface area contributed by atoms with Crippen LogP contribution < -0.4 is 10.1 Å². The molecular weight excluding hydrogens is 372 g/mol. The Hall–Kier alpha value is -2.31. The van der Waals surface area contributed by atoms with Crippen molar-refractivity contribution in [3.63, 3.8) is 0 Å². The molecule has 2 aromatic carbocycles. The molecule has 0 bridgehead atoms. The minimum absolute atomic E-state index is 0.0808. The number of anilines is 1. The van der Waals surface area contributed by atoms with Crippen molar-refractivity contribution in [3.8, 4) is 5.75 Å². The maximum atomic E-state index is 12.8. The first-order valence-corrected chi connectivity index (χ1v) is 7.88. The molecule has 0 aromatic heterocycles. The predicted octanol–water partition coefficient (Wildman–Crippen LogP) is 4.33. The quantitative estimate of drug-likeness (QED) is 0.778. The molecule has 1 amide bonds. The largest absolute Gasteiger partial charge is 0.494 e. The third-order valence-corrected chi connectivity index (χ3v) is 3.76. The average Bonchev–Trinajstić information content (AvgIpc) is 2.56. The second-order valence-electron chi connectivity index (χ2n) is 5.02. The number of methoxy groups -OCH3 is 1. The van der Waals surface area contributed by atoms with Gasteiger partial charge in [0.1, 0.15) is 5.82 Å². The van der Waals surface area contributed by atoms with Crippen molar-refractivity contribution in [2.24, 2.45) is 0 Å². The molecule has 0 saturated carbocycles. The Morgan fingerprint density at radius 1 is 1.12 bits per heavy atom. The third kappa shape index (κ3) is 4.84. The second-order valence-corrected chi connectivity index (χ2v) is 5.83. The Kier molecular flexibility index (Phi) is 6.22. The number of rotatable bonds is 5. The normalized spacial score (nSPS) is 11.6. The Labute approximate surface area is 153 Å². The summed E-state index contributed by atoms with van der Waals surface area (Å²) in [7, 11) is 1.40. The number of nitrogens with one attached hydrogen (secondary N) is 1. The monoisotopic (exact) mass is 385 g/mol. The van der Waals surface area contributed by atoms with Crippen LogP contribution in [0.4, 0.5) is 10.1 Å². The van der Waals surface area contributed by atoms with Crippen molar-refractivity contribution in [2.45, 2.75) is 13.0 Å². The van der Waals surface area contributed by atoms with Gasteiger partial charge in [0.15, 0.2) is 11.9 Å². The van der Waals surface area contributed by atoms with Crippen LogP contribution in [0.25, 0.3) is 0 Å². The lowest BCUT2D eigenvalue weighted by Crippen LogP contribution is -2.30. The lowest BCUT2D eigenvalue weighted by molar-refractivity contribution is -0.123. The second kappa shape index (κ2) is 8.18. The van der Waals surface area contributed by atoms with Crippen LogP contribution in [0.1, 0.15) is 17.3 Å². The Bertz CT molecular complexity index is 773. The van der Waals surface area contributed by atoms with Crippen LogP contribution in [0, 0.1) is 5.82 Å². The van der Waals surface area contributed by atoms with E-state index in [1.807, 2.05) is 0 Å². The standard InChI is InChI=1S/C17H14Cl2FNO4/c1-9(16(22)21-12-5-3-11(20)4-6-12)25-17(23)10-7-13(18)15(24-2)14(19)8-10/h3-9H,1-2H3,(H,21,22)/t9-/m1/s1. The average molecular weight is 386 g/mol. The van der Waals surface area contributed by atoms with Crippen molar-refractivity contribution < 1.29 is 23.5 Å². The fourth-order valence-electron chi connectivity index (χ4n) is 1.93. The van der Waals surface area contributed by atoms with E-state index >= 15 is 0 Å². The van der Waals surface area contributed by atoms with Gasteiger partial charge in [0.25, 0.3) is 5.91 Å². The van der Waals surface area contributed by atoms with Crippen LogP contribution in [0.2, 0.25) is 10.0 Å². The molecular formula is C17H14Cl2FNO4. The Balaban J connectivity index is 2.04. The van der Waals surface area contributed by atoms with E-state index in [0.717, 1.165) is 0 Å². The van der Waals surface area contributed by atoms with Gasteiger partial charge in [0.2, 0.25) is 0 Å². The topological polar surface area (TPSA) is 64.6 Å². The van der Waals surface area contributed by atoms with Crippen LogP contribution in [0.5, 0.6) is 5.75 Å². The molecule has 0 heterocycles. The molecule has 1 N–H and O–H groups in total. The molecule has 2 aromatic rings. The SMILES string of the molecule is COc1c(Cl)cc(C(=O)O[C@H](C)C(=O)Nc2ccc(F)cc2)cc1Cl. The summed E-state index contributed by atoms with van der Waals surface area (Å²) in [5.41, 5.74) is 0.460. The smallest absolute Gasteiger partial charge is 0.339 e. The number of amides is 1. The summed E-state index contributed by atoms with van der Waals surface area (Å²) in [5.74, 6) is -1.52. The fraction of sp³-hybridized carbons (Fsp3) is 0.176. The summed E-state index contributed by atoms with van der Waals surface area (Å²) >= 11 is 11.9. The first kappa shape index (κ1) is 19.0. The minimum Gasteiger partial charge on any atom is -0.494 e. The number of halogens is 3. The van der Waals surface area contributed by atoms with E-state index < -0.39 is 23.8 Å². The zero-order valence-corrected chi connectivity index (χ0v) is 14.8. The van der Waals surface area contributed by atoms with E-state index in [9.17, 15) is 14.0 Å². The highest BCUT2D eigenvalue weighted by Gasteiger charge is 2.21. The van der Waals surface area contributed by atoms with Gasteiger partial charge in [-0.1, -0.05) is 23.2 Å². The highest BCUT2D eigenvalue weighted by atomic mass is 35.5. The number of hydrogen-bond donors (Lipinski definition) is 1. The highest BCUT2D eigenvalue weighted by molar-refractivity contribution is 6.37. The summed E-state index contributed by atoms with van der Waals surface area (Å²) in [6.07, 6.45) is -1.09. The van der Waals surface area contributed by atoms with Crippen LogP contribution in [0.15, 0.2) is 36.4 Å². The first-order valence-electron chi connectivity index (χ1n) is 7.12. The Morgan fingerprint density at radius 2 is 1.68 bits per heavy atom. The molecule has 0 fully saturated rings. The van der Waals surface area contributed by atoms with Gasteiger partial charge >= 0.3 is 5.97 Å². The molecule has 132 valence electrons. The van der Waals surface area contributed by atoms with Crippen LogP contribution in [0.3, 0.4) is 0 Å². The van der Waals surface area contributed by atoms with Crippen molar-refractivity contribution in [2.75, 3.05) is 12.4 Å². The van der Waals surface area contributed by atoms with Gasteiger partial charge in [0, 0.05) is 5.69 Å². The van der Waals surface area contributed by atoms with Crippen LogP contribution in [-0.2, 0) is 9.53 Å². The molecule has 8 heteroatoms. The van der Waals surface area contributed by atoms with E-state index in [-0.39, 0.29) is 21.4 Å². The molecule has 0 spiro atoms. The summed E-state index contributed by atoms with van der Waals surface area (Å²) in [4.78, 5) is 24.2. The number of carbonyl (C=O) groups is 2. The van der Waals surface area contributed by atoms with Gasteiger partial charge < -0.3 is 14.8 Å². The minimum atomic E-state index is -1.09. The zero-order chi connectivity index (χ0) is 18.6. The first-order chi connectivity index (χ1) is 11.8. The summed E-state index contributed by atoms with van der Waals surface area (Å²) in [6, 6.07) is 7.86. The van der Waals surface area contributed by atoms with Crippen molar-refractivity contribution in [1.29, 1.82) is 0 Å². The molecule has 0 aliphatic rings. The number of hydrogen-bond acceptors (Lipinski definition) is 4. The lowest BCUT2D eigenvalue weighted by atomic mass is 10.2. The molecule has 1 atom stereocenters. The maximum Gasteiger partial charge on any atom is 0.339 e. The summed E-state index contributed by atoms with van der Waals surface area (Å²) in [6.45, 7) is 1.41. The zero-order valence-electron chi connectivity index (χ0n) is 13.3. The van der Waals surface area contributed by atoms with Crippen molar-refractivity contribution in [1.82, 2.24) is 0 Å². The van der Waals surface area contributed by atoms with E-state index in [4.69, 9.17) is 32.7 Å². The molecule has 25 heavy (non-hydrogen) atoms. The van der Waals surface area contributed by atoms with Gasteiger partial charge in [-0.2, -0.15) is 0 Å². The molecule has 0 radical (unpaired) electrons. The van der Waals surface area contributed by atoms with Gasteiger partial charge in [-0.25, -0.2) is 9.18 Å². The van der Waals surface area contributed by atoms with E-state index in [1.54, 1.807) is 0 Å². The number of ether oxygens (including phenoxy) is 2. The molecule has 0 aliphatic heterocycles. The molecule has 2 rings (SSSR count). The molecule has 0 aliphatic carbocycles. The molecule has 0 saturated heterocycles. The summed E-state index contributed by atoms with van der Waals surface area (Å²) in [5, 5.41) is 2.80. The van der Waals surface area contributed by atoms with E-state index in [0.29, 0.717) is 5.69 Å². The van der Waals surface area contributed by atoms with E-state index in [1.165, 1.54) is 50.4 Å². The molecule has 5 nitrogen and oxygen atoms in total. The third-order valence-electron chi connectivity index (χ3n) is 3.20. The number of benzene rings is 2. The van der Waals surface area contributed by atoms with Gasteiger partial charge in [0.05, 0.1) is 22.7 Å². The Morgan fingerprint density at radius 3 is 2.20 bits per heavy atom. The fourth-order valence-corrected chi connectivity index (χ4v) is 2.57. The van der Waals surface area contributed by atoms with Crippen molar-refractivity contribution in [3.05, 3.63) is 57.8 Å². The lowest BCUT2D eigenvalue weighted by Gasteiger charge is -2.14. The van der Waals surface area contributed by atoms with Crippen molar-refractivity contribution >= 4 is 40.8 Å². The number of esters is 1. The summed E-state index contributed by atoms with van der Waals surface area (Å²) < 4.78 is 22.9. The van der Waals surface area contributed by atoms with Gasteiger partial charge in [-0.3, -0.25) is 4.79 Å². The van der Waals surface area contributed by atoms with Crippen LogP contribution in [-0.4, -0.2) is 25.1 Å². The maximum absolute atomic E-state index is 12.8. The predicted molar refractivity (Wildman–Crippen MR) is 92.9 cm³/mol.